The molecule has 0 aliphatic heterocycles. The van der Waals surface area contributed by atoms with Crippen molar-refractivity contribution in [3.05, 3.63) is 48.0 Å². The molecule has 0 radical (unpaired) electrons. The smallest absolute Gasteiger partial charge is 0.316 e. The van der Waals surface area contributed by atoms with Crippen LogP contribution in [0.4, 0.5) is 16.2 Å². The van der Waals surface area contributed by atoms with Gasteiger partial charge in [-0.15, -0.1) is 0 Å². The lowest BCUT2D eigenvalue weighted by molar-refractivity contribution is 0.102. The first-order chi connectivity index (χ1) is 9.54. The molecule has 2 rings (SSSR count). The number of benzene rings is 1. The molecule has 1 aromatic heterocycles. The molecule has 4 N–H and O–H groups in total. The maximum atomic E-state index is 11.9. The Kier molecular flexibility index (Phi) is 3.90. The van der Waals surface area contributed by atoms with E-state index in [4.69, 9.17) is 5.73 Å². The summed E-state index contributed by atoms with van der Waals surface area (Å²) in [6.45, 7) is 1.79. The molecule has 7 heteroatoms. The van der Waals surface area contributed by atoms with Crippen molar-refractivity contribution in [2.45, 2.75) is 6.92 Å². The molecule has 0 atom stereocenters. The van der Waals surface area contributed by atoms with Gasteiger partial charge in [-0.2, -0.15) is 0 Å². The molecule has 20 heavy (non-hydrogen) atoms. The van der Waals surface area contributed by atoms with Crippen molar-refractivity contribution >= 4 is 23.3 Å². The second-order valence-electron chi connectivity index (χ2n) is 4.06. The Morgan fingerprint density at radius 1 is 1.00 bits per heavy atom. The number of rotatable bonds is 3. The van der Waals surface area contributed by atoms with E-state index in [1.54, 1.807) is 31.2 Å². The predicted octanol–water partition coefficient (Wildman–Crippen LogP) is 1.53. The fourth-order valence-electron chi connectivity index (χ4n) is 1.48. The van der Waals surface area contributed by atoms with Gasteiger partial charge in [-0.05, 0) is 31.2 Å². The highest BCUT2D eigenvalue weighted by molar-refractivity contribution is 6.02. The molecule has 7 nitrogen and oxygen atoms in total. The lowest BCUT2D eigenvalue weighted by Gasteiger charge is -2.06. The summed E-state index contributed by atoms with van der Waals surface area (Å²) in [5.74, 6) is -0.354. The van der Waals surface area contributed by atoms with Crippen LogP contribution < -0.4 is 16.4 Å². The number of primary amides is 1. The minimum absolute atomic E-state index is 0.231. The Hall–Kier alpha value is -2.96. The molecule has 0 aliphatic carbocycles. The number of aryl methyl sites for hydroxylation is 1. The van der Waals surface area contributed by atoms with Gasteiger partial charge in [0.1, 0.15) is 5.69 Å². The van der Waals surface area contributed by atoms with E-state index in [1.165, 1.54) is 12.4 Å². The van der Waals surface area contributed by atoms with Gasteiger partial charge in [-0.3, -0.25) is 9.78 Å². The highest BCUT2D eigenvalue weighted by Gasteiger charge is 2.07. The third-order valence-electron chi connectivity index (χ3n) is 2.42. The number of carbonyl (C=O) groups is 2. The first-order valence-corrected chi connectivity index (χ1v) is 5.81. The fraction of sp³-hybridized carbons (Fsp3) is 0.0769. The Morgan fingerprint density at radius 3 is 2.10 bits per heavy atom. The van der Waals surface area contributed by atoms with Gasteiger partial charge in [0.05, 0.1) is 11.9 Å². The van der Waals surface area contributed by atoms with Crippen molar-refractivity contribution < 1.29 is 9.59 Å². The van der Waals surface area contributed by atoms with E-state index in [1.807, 2.05) is 0 Å². The molecule has 1 aromatic carbocycles. The van der Waals surface area contributed by atoms with E-state index < -0.39 is 6.03 Å². The predicted molar refractivity (Wildman–Crippen MR) is 74.4 cm³/mol. The highest BCUT2D eigenvalue weighted by atomic mass is 16.2. The van der Waals surface area contributed by atoms with Gasteiger partial charge in [0, 0.05) is 17.6 Å². The number of aromatic nitrogens is 2. The molecule has 0 bridgehead atoms. The number of carbonyl (C=O) groups excluding carboxylic acids is 2. The second kappa shape index (κ2) is 5.79. The van der Waals surface area contributed by atoms with E-state index in [-0.39, 0.29) is 11.6 Å². The third-order valence-corrected chi connectivity index (χ3v) is 2.42. The lowest BCUT2D eigenvalue weighted by atomic mass is 10.2. The molecule has 0 unspecified atom stereocenters. The van der Waals surface area contributed by atoms with Gasteiger partial charge >= 0.3 is 6.03 Å². The molecule has 1 heterocycles. The summed E-state index contributed by atoms with van der Waals surface area (Å²) in [4.78, 5) is 30.5. The first kappa shape index (κ1) is 13.5. The number of hydrogen-bond donors (Lipinski definition) is 3. The molecule has 0 aliphatic rings. The number of urea groups is 1. The summed E-state index contributed by atoms with van der Waals surface area (Å²) >= 11 is 0. The number of nitrogens with one attached hydrogen (secondary N) is 2. The van der Waals surface area contributed by atoms with Crippen LogP contribution in [-0.2, 0) is 0 Å². The van der Waals surface area contributed by atoms with E-state index in [0.29, 0.717) is 11.4 Å². The standard InChI is InChI=1S/C13H13N5O2/c1-8-6-16-11(7-15-8)12(19)17-9-2-4-10(5-3-9)18-13(14)20/h2-7H,1H3,(H,17,19)(H3,14,18,20). The second-order valence-corrected chi connectivity index (χ2v) is 4.06. The molecule has 0 saturated carbocycles. The molecule has 3 amide bonds. The maximum Gasteiger partial charge on any atom is 0.316 e. The Morgan fingerprint density at radius 2 is 1.60 bits per heavy atom. The van der Waals surface area contributed by atoms with Crippen LogP contribution in [0.15, 0.2) is 36.7 Å². The van der Waals surface area contributed by atoms with Crippen molar-refractivity contribution in [1.82, 2.24) is 9.97 Å². The first-order valence-electron chi connectivity index (χ1n) is 5.81. The zero-order valence-corrected chi connectivity index (χ0v) is 10.8. The quantitative estimate of drug-likeness (QED) is 0.786. The molecule has 2 aromatic rings. The van der Waals surface area contributed by atoms with Crippen molar-refractivity contribution in [3.63, 3.8) is 0 Å². The third kappa shape index (κ3) is 3.52. The van der Waals surface area contributed by atoms with Crippen LogP contribution in [0, 0.1) is 6.92 Å². The minimum atomic E-state index is -0.642. The lowest BCUT2D eigenvalue weighted by Crippen LogP contribution is -2.19. The number of hydrogen-bond acceptors (Lipinski definition) is 4. The zero-order chi connectivity index (χ0) is 14.5. The van der Waals surface area contributed by atoms with Crippen molar-refractivity contribution in [2.75, 3.05) is 10.6 Å². The van der Waals surface area contributed by atoms with Crippen LogP contribution in [0.5, 0.6) is 0 Å². The van der Waals surface area contributed by atoms with Gasteiger partial charge in [0.2, 0.25) is 0 Å². The summed E-state index contributed by atoms with van der Waals surface area (Å²) in [5.41, 5.74) is 7.09. The van der Waals surface area contributed by atoms with Crippen LogP contribution in [0.3, 0.4) is 0 Å². The largest absolute Gasteiger partial charge is 0.351 e. The van der Waals surface area contributed by atoms with Crippen LogP contribution in [0.25, 0.3) is 0 Å². The zero-order valence-electron chi connectivity index (χ0n) is 10.8. The van der Waals surface area contributed by atoms with Crippen molar-refractivity contribution in [1.29, 1.82) is 0 Å². The molecule has 0 saturated heterocycles. The average molecular weight is 271 g/mol. The van der Waals surface area contributed by atoms with Gasteiger partial charge in [0.15, 0.2) is 0 Å². The number of anilines is 2. The fourth-order valence-corrected chi connectivity index (χ4v) is 1.48. The summed E-state index contributed by atoms with van der Waals surface area (Å²) in [6.07, 6.45) is 2.93. The molecular weight excluding hydrogens is 258 g/mol. The normalized spacial score (nSPS) is 9.85. The van der Waals surface area contributed by atoms with Gasteiger partial charge in [-0.25, -0.2) is 9.78 Å². The van der Waals surface area contributed by atoms with E-state index in [9.17, 15) is 9.59 Å². The van der Waals surface area contributed by atoms with Crippen LogP contribution in [0.2, 0.25) is 0 Å². The van der Waals surface area contributed by atoms with Crippen LogP contribution in [0.1, 0.15) is 16.2 Å². The molecule has 102 valence electrons. The number of nitrogens with two attached hydrogens (primary N) is 1. The van der Waals surface area contributed by atoms with Crippen LogP contribution in [-0.4, -0.2) is 21.9 Å². The van der Waals surface area contributed by atoms with Crippen molar-refractivity contribution in [2.24, 2.45) is 5.73 Å². The highest BCUT2D eigenvalue weighted by Crippen LogP contribution is 2.14. The van der Waals surface area contributed by atoms with E-state index in [2.05, 4.69) is 20.6 Å². The molecular formula is C13H13N5O2. The summed E-state index contributed by atoms with van der Waals surface area (Å²) in [6, 6.07) is 5.90. The van der Waals surface area contributed by atoms with E-state index in [0.717, 1.165) is 5.69 Å². The summed E-state index contributed by atoms with van der Waals surface area (Å²) in [5, 5.41) is 5.10. The maximum absolute atomic E-state index is 11.9. The number of nitrogens with zero attached hydrogens (tertiary/aromatic N) is 2. The van der Waals surface area contributed by atoms with Crippen LogP contribution >= 0.6 is 0 Å². The Balaban J connectivity index is 2.04. The average Bonchev–Trinajstić information content (AvgIpc) is 2.41. The van der Waals surface area contributed by atoms with E-state index >= 15 is 0 Å². The summed E-state index contributed by atoms with van der Waals surface area (Å²) in [7, 11) is 0. The van der Waals surface area contributed by atoms with Gasteiger partial charge in [-0.1, -0.05) is 0 Å². The summed E-state index contributed by atoms with van der Waals surface area (Å²) < 4.78 is 0. The molecule has 0 fully saturated rings. The topological polar surface area (TPSA) is 110 Å². The Bertz CT molecular complexity index is 622. The monoisotopic (exact) mass is 271 g/mol. The minimum Gasteiger partial charge on any atom is -0.351 e. The number of amides is 3. The van der Waals surface area contributed by atoms with Crippen molar-refractivity contribution in [3.8, 4) is 0 Å². The molecule has 0 spiro atoms. The Labute approximate surface area is 115 Å². The SMILES string of the molecule is Cc1cnc(C(=O)Nc2ccc(NC(N)=O)cc2)cn1. The van der Waals surface area contributed by atoms with Gasteiger partial charge in [0.25, 0.3) is 5.91 Å². The van der Waals surface area contributed by atoms with Gasteiger partial charge < -0.3 is 16.4 Å².